The van der Waals surface area contributed by atoms with Gasteiger partial charge in [-0.15, -0.1) is 0 Å². The fourth-order valence-corrected chi connectivity index (χ4v) is 2.83. The molecule has 0 spiro atoms. The summed E-state index contributed by atoms with van der Waals surface area (Å²) in [6.45, 7) is 5.38. The number of hydrogen-bond acceptors (Lipinski definition) is 3. The third kappa shape index (κ3) is 5.67. The van der Waals surface area contributed by atoms with Gasteiger partial charge in [-0.3, -0.25) is 4.99 Å². The molecule has 1 saturated heterocycles. The number of hydrogen-bond donors (Lipinski definition) is 2. The van der Waals surface area contributed by atoms with Gasteiger partial charge in [-0.05, 0) is 44.4 Å². The molecule has 1 atom stereocenters. The highest BCUT2D eigenvalue weighted by atomic mass is 19.1. The third-order valence-electron chi connectivity index (χ3n) is 4.37. The highest BCUT2D eigenvalue weighted by Crippen LogP contribution is 2.23. The molecule has 6 heteroatoms. The summed E-state index contributed by atoms with van der Waals surface area (Å²) in [5, 5.41) is 6.64. The van der Waals surface area contributed by atoms with Gasteiger partial charge in [-0.1, -0.05) is 6.07 Å². The van der Waals surface area contributed by atoms with E-state index in [0.29, 0.717) is 0 Å². The standard InChI is InChI=1S/C18H29FN4O/c1-18(9-5-12-24-18)14-22-17(20-2)21-10-6-11-23(3)16-8-4-7-15(19)13-16/h4,7-8,13H,5-6,9-12,14H2,1-3H3,(H2,20,21,22). The van der Waals surface area contributed by atoms with Crippen LogP contribution in [0.5, 0.6) is 0 Å². The minimum atomic E-state index is -0.204. The molecule has 2 rings (SSSR count). The number of nitrogens with zero attached hydrogens (tertiary/aromatic N) is 2. The summed E-state index contributed by atoms with van der Waals surface area (Å²) in [6, 6.07) is 6.66. The molecule has 134 valence electrons. The molecular formula is C18H29FN4O. The molecule has 1 heterocycles. The van der Waals surface area contributed by atoms with Gasteiger partial charge in [0, 0.05) is 46.0 Å². The van der Waals surface area contributed by atoms with Crippen molar-refractivity contribution in [2.45, 2.75) is 31.8 Å². The van der Waals surface area contributed by atoms with E-state index in [2.05, 4.69) is 22.5 Å². The number of rotatable bonds is 7. The second kappa shape index (κ2) is 8.87. The van der Waals surface area contributed by atoms with Crippen molar-refractivity contribution in [3.05, 3.63) is 30.1 Å². The summed E-state index contributed by atoms with van der Waals surface area (Å²) in [7, 11) is 3.74. The van der Waals surface area contributed by atoms with Crippen molar-refractivity contribution in [3.63, 3.8) is 0 Å². The highest BCUT2D eigenvalue weighted by molar-refractivity contribution is 5.79. The first-order valence-corrected chi connectivity index (χ1v) is 8.58. The van der Waals surface area contributed by atoms with Crippen LogP contribution in [0.3, 0.4) is 0 Å². The maximum Gasteiger partial charge on any atom is 0.191 e. The Bertz CT molecular complexity index is 544. The molecule has 1 aromatic carbocycles. The van der Waals surface area contributed by atoms with Gasteiger partial charge in [-0.25, -0.2) is 4.39 Å². The van der Waals surface area contributed by atoms with Crippen LogP contribution in [0.1, 0.15) is 26.2 Å². The monoisotopic (exact) mass is 336 g/mol. The first-order valence-electron chi connectivity index (χ1n) is 8.58. The van der Waals surface area contributed by atoms with Crippen molar-refractivity contribution in [2.24, 2.45) is 4.99 Å². The van der Waals surface area contributed by atoms with E-state index in [1.807, 2.05) is 18.0 Å². The van der Waals surface area contributed by atoms with Gasteiger partial charge in [0.2, 0.25) is 0 Å². The van der Waals surface area contributed by atoms with E-state index in [9.17, 15) is 4.39 Å². The van der Waals surface area contributed by atoms with Crippen LogP contribution in [0, 0.1) is 5.82 Å². The Balaban J connectivity index is 1.66. The topological polar surface area (TPSA) is 48.9 Å². The van der Waals surface area contributed by atoms with Gasteiger partial charge in [0.05, 0.1) is 5.60 Å². The summed E-state index contributed by atoms with van der Waals surface area (Å²) >= 11 is 0. The van der Waals surface area contributed by atoms with Crippen LogP contribution in [0.25, 0.3) is 0 Å². The number of ether oxygens (including phenoxy) is 1. The largest absolute Gasteiger partial charge is 0.374 e. The van der Waals surface area contributed by atoms with Crippen LogP contribution in [0.4, 0.5) is 10.1 Å². The molecule has 0 radical (unpaired) electrons. The average Bonchev–Trinajstić information content (AvgIpc) is 3.01. The predicted octanol–water partition coefficient (Wildman–Crippen LogP) is 2.39. The zero-order valence-corrected chi connectivity index (χ0v) is 14.9. The Morgan fingerprint density at radius 1 is 1.42 bits per heavy atom. The summed E-state index contributed by atoms with van der Waals surface area (Å²) in [5.74, 6) is 0.588. The lowest BCUT2D eigenvalue weighted by Crippen LogP contribution is -2.46. The van der Waals surface area contributed by atoms with Crippen LogP contribution in [0.2, 0.25) is 0 Å². The molecule has 1 aliphatic rings. The Labute approximate surface area is 144 Å². The van der Waals surface area contributed by atoms with Crippen LogP contribution in [-0.4, -0.2) is 51.9 Å². The molecule has 1 unspecified atom stereocenters. The van der Waals surface area contributed by atoms with Gasteiger partial charge in [0.15, 0.2) is 5.96 Å². The first kappa shape index (κ1) is 18.5. The maximum absolute atomic E-state index is 13.2. The molecule has 1 aromatic rings. The molecule has 5 nitrogen and oxygen atoms in total. The number of aliphatic imine (C=N–C) groups is 1. The van der Waals surface area contributed by atoms with Crippen LogP contribution >= 0.6 is 0 Å². The normalized spacial score (nSPS) is 20.9. The number of anilines is 1. The van der Waals surface area contributed by atoms with E-state index in [-0.39, 0.29) is 11.4 Å². The molecule has 2 N–H and O–H groups in total. The summed E-state index contributed by atoms with van der Waals surface area (Å²) in [4.78, 5) is 6.29. The Kier molecular flexibility index (Phi) is 6.85. The molecule has 0 aromatic heterocycles. The summed E-state index contributed by atoms with van der Waals surface area (Å²) in [5.41, 5.74) is 0.804. The van der Waals surface area contributed by atoms with Gasteiger partial charge < -0.3 is 20.3 Å². The Hall–Kier alpha value is -1.82. The van der Waals surface area contributed by atoms with E-state index < -0.39 is 0 Å². The second-order valence-corrected chi connectivity index (χ2v) is 6.51. The predicted molar refractivity (Wildman–Crippen MR) is 97.2 cm³/mol. The highest BCUT2D eigenvalue weighted by Gasteiger charge is 2.29. The minimum Gasteiger partial charge on any atom is -0.374 e. The average molecular weight is 336 g/mol. The van der Waals surface area contributed by atoms with Crippen LogP contribution in [-0.2, 0) is 4.74 Å². The summed E-state index contributed by atoms with van der Waals surface area (Å²) in [6.07, 6.45) is 3.13. The Morgan fingerprint density at radius 2 is 2.25 bits per heavy atom. The van der Waals surface area contributed by atoms with E-state index in [1.165, 1.54) is 6.07 Å². The van der Waals surface area contributed by atoms with Gasteiger partial charge in [0.25, 0.3) is 0 Å². The molecular weight excluding hydrogens is 307 g/mol. The lowest BCUT2D eigenvalue weighted by atomic mass is 10.0. The smallest absolute Gasteiger partial charge is 0.191 e. The summed E-state index contributed by atoms with van der Waals surface area (Å²) < 4.78 is 19.0. The van der Waals surface area contributed by atoms with Crippen molar-refractivity contribution in [3.8, 4) is 0 Å². The number of nitrogens with one attached hydrogen (secondary N) is 2. The van der Waals surface area contributed by atoms with Crippen LogP contribution in [0.15, 0.2) is 29.3 Å². The molecule has 0 bridgehead atoms. The molecule has 0 saturated carbocycles. The second-order valence-electron chi connectivity index (χ2n) is 6.51. The number of halogens is 1. The van der Waals surface area contributed by atoms with E-state index in [4.69, 9.17) is 4.74 Å². The molecule has 0 amide bonds. The van der Waals surface area contributed by atoms with E-state index >= 15 is 0 Å². The fourth-order valence-electron chi connectivity index (χ4n) is 2.83. The lowest BCUT2D eigenvalue weighted by Gasteiger charge is -2.25. The van der Waals surface area contributed by atoms with Gasteiger partial charge in [0.1, 0.15) is 5.82 Å². The Morgan fingerprint density at radius 3 is 2.92 bits per heavy atom. The maximum atomic E-state index is 13.2. The first-order chi connectivity index (χ1) is 11.5. The number of benzene rings is 1. The van der Waals surface area contributed by atoms with Crippen molar-refractivity contribution in [2.75, 3.05) is 45.2 Å². The molecule has 1 aliphatic heterocycles. The zero-order chi connectivity index (χ0) is 17.4. The molecule has 1 fully saturated rings. The third-order valence-corrected chi connectivity index (χ3v) is 4.37. The van der Waals surface area contributed by atoms with Gasteiger partial charge in [-0.2, -0.15) is 0 Å². The van der Waals surface area contributed by atoms with Crippen molar-refractivity contribution in [1.82, 2.24) is 10.6 Å². The molecule has 0 aliphatic carbocycles. The van der Waals surface area contributed by atoms with Crippen molar-refractivity contribution in [1.29, 1.82) is 0 Å². The van der Waals surface area contributed by atoms with E-state index in [0.717, 1.165) is 57.2 Å². The van der Waals surface area contributed by atoms with E-state index in [1.54, 1.807) is 19.2 Å². The zero-order valence-electron chi connectivity index (χ0n) is 14.9. The lowest BCUT2D eigenvalue weighted by molar-refractivity contribution is 0.0243. The fraction of sp³-hybridized carbons (Fsp3) is 0.611. The van der Waals surface area contributed by atoms with Crippen molar-refractivity contribution < 1.29 is 9.13 Å². The number of guanidine groups is 1. The quantitative estimate of drug-likeness (QED) is 0.456. The van der Waals surface area contributed by atoms with Gasteiger partial charge >= 0.3 is 0 Å². The minimum absolute atomic E-state index is 0.0881. The van der Waals surface area contributed by atoms with Crippen molar-refractivity contribution >= 4 is 11.6 Å². The van der Waals surface area contributed by atoms with Crippen LogP contribution < -0.4 is 15.5 Å². The molecule has 24 heavy (non-hydrogen) atoms. The SMILES string of the molecule is CN=C(NCCCN(C)c1cccc(F)c1)NCC1(C)CCCO1.